The fraction of sp³-hybridized carbons (Fsp3) is 0.200. The summed E-state index contributed by atoms with van der Waals surface area (Å²) in [4.78, 5) is 0. The lowest BCUT2D eigenvalue weighted by atomic mass is 9.99. The van der Waals surface area contributed by atoms with Crippen LogP contribution < -0.4 is 5.73 Å². The van der Waals surface area contributed by atoms with Crippen molar-refractivity contribution in [1.29, 1.82) is 0 Å². The second kappa shape index (κ2) is 6.58. The maximum absolute atomic E-state index is 13.8. The van der Waals surface area contributed by atoms with E-state index in [0.29, 0.717) is 5.56 Å². The molecule has 2 aromatic carbocycles. The van der Waals surface area contributed by atoms with Crippen LogP contribution in [0.25, 0.3) is 0 Å². The third-order valence-electron chi connectivity index (χ3n) is 3.09. The van der Waals surface area contributed by atoms with Crippen molar-refractivity contribution in [3.8, 4) is 0 Å². The van der Waals surface area contributed by atoms with Gasteiger partial charge in [-0.05, 0) is 58.6 Å². The van der Waals surface area contributed by atoms with E-state index in [9.17, 15) is 17.6 Å². The molecule has 0 saturated heterocycles. The van der Waals surface area contributed by atoms with Crippen LogP contribution in [0.3, 0.4) is 0 Å². The Balaban J connectivity index is 2.13. The Labute approximate surface area is 127 Å². The molecular weight excluding hydrogens is 350 g/mol. The number of nitrogens with two attached hydrogens (primary N) is 1. The van der Waals surface area contributed by atoms with Crippen LogP contribution in [0.2, 0.25) is 0 Å². The predicted octanol–water partition coefficient (Wildman–Crippen LogP) is 4.12. The summed E-state index contributed by atoms with van der Waals surface area (Å²) in [5.74, 6) is -3.30. The molecule has 2 N–H and O–H groups in total. The van der Waals surface area contributed by atoms with Gasteiger partial charge in [-0.15, -0.1) is 0 Å². The van der Waals surface area contributed by atoms with Gasteiger partial charge in [0.05, 0.1) is 4.47 Å². The smallest absolute Gasteiger partial charge is 0.159 e. The van der Waals surface area contributed by atoms with Gasteiger partial charge >= 0.3 is 0 Å². The minimum Gasteiger partial charge on any atom is -0.327 e. The van der Waals surface area contributed by atoms with E-state index in [-0.39, 0.29) is 22.9 Å². The largest absolute Gasteiger partial charge is 0.327 e. The molecule has 1 unspecified atom stereocenters. The van der Waals surface area contributed by atoms with Crippen LogP contribution in [-0.4, -0.2) is 6.04 Å². The summed E-state index contributed by atoms with van der Waals surface area (Å²) < 4.78 is 53.5. The molecule has 0 aliphatic carbocycles. The number of rotatable bonds is 4. The molecule has 0 spiro atoms. The van der Waals surface area contributed by atoms with Gasteiger partial charge in [0.25, 0.3) is 0 Å². The molecule has 0 fully saturated rings. The highest BCUT2D eigenvalue weighted by atomic mass is 79.9. The molecule has 0 amide bonds. The monoisotopic (exact) mass is 361 g/mol. The van der Waals surface area contributed by atoms with Crippen LogP contribution in [0.5, 0.6) is 0 Å². The summed E-state index contributed by atoms with van der Waals surface area (Å²) >= 11 is 2.98. The van der Waals surface area contributed by atoms with E-state index in [1.165, 1.54) is 12.1 Å². The van der Waals surface area contributed by atoms with E-state index in [2.05, 4.69) is 15.9 Å². The predicted molar refractivity (Wildman–Crippen MR) is 75.8 cm³/mol. The van der Waals surface area contributed by atoms with Gasteiger partial charge in [-0.3, -0.25) is 0 Å². The van der Waals surface area contributed by atoms with Gasteiger partial charge in [-0.1, -0.05) is 6.07 Å². The first-order valence-electron chi connectivity index (χ1n) is 6.20. The Morgan fingerprint density at radius 2 is 1.57 bits per heavy atom. The van der Waals surface area contributed by atoms with Gasteiger partial charge in [-0.25, -0.2) is 17.6 Å². The first kappa shape index (κ1) is 16.0. The molecule has 0 heterocycles. The highest BCUT2D eigenvalue weighted by molar-refractivity contribution is 9.10. The minimum atomic E-state index is -0.973. The minimum absolute atomic E-state index is 0.0455. The fourth-order valence-electron chi connectivity index (χ4n) is 2.06. The van der Waals surface area contributed by atoms with E-state index < -0.39 is 29.3 Å². The molecule has 0 aromatic heterocycles. The van der Waals surface area contributed by atoms with Crippen molar-refractivity contribution in [1.82, 2.24) is 0 Å². The lowest BCUT2D eigenvalue weighted by Crippen LogP contribution is -2.26. The highest BCUT2D eigenvalue weighted by Crippen LogP contribution is 2.23. The van der Waals surface area contributed by atoms with E-state index in [0.717, 1.165) is 18.2 Å². The third kappa shape index (κ3) is 3.83. The lowest BCUT2D eigenvalue weighted by molar-refractivity contribution is 0.504. The fourth-order valence-corrected chi connectivity index (χ4v) is 2.43. The van der Waals surface area contributed by atoms with Crippen LogP contribution in [-0.2, 0) is 12.8 Å². The Hall–Kier alpha value is -1.40. The Morgan fingerprint density at radius 1 is 0.905 bits per heavy atom. The summed E-state index contributed by atoms with van der Waals surface area (Å²) in [6.07, 6.45) is 0.138. The van der Waals surface area contributed by atoms with Crippen molar-refractivity contribution < 1.29 is 17.6 Å². The normalized spacial score (nSPS) is 12.5. The quantitative estimate of drug-likeness (QED) is 0.643. The molecule has 1 nitrogen and oxygen atoms in total. The maximum Gasteiger partial charge on any atom is 0.159 e. The zero-order valence-electron chi connectivity index (χ0n) is 10.8. The van der Waals surface area contributed by atoms with Crippen molar-refractivity contribution >= 4 is 15.9 Å². The highest BCUT2D eigenvalue weighted by Gasteiger charge is 2.16. The van der Waals surface area contributed by atoms with Crippen LogP contribution >= 0.6 is 15.9 Å². The van der Waals surface area contributed by atoms with Crippen molar-refractivity contribution in [3.05, 3.63) is 69.2 Å². The van der Waals surface area contributed by atoms with E-state index in [1.807, 2.05) is 0 Å². The molecule has 21 heavy (non-hydrogen) atoms. The molecule has 2 aromatic rings. The first-order chi connectivity index (χ1) is 9.88. The molecule has 0 bridgehead atoms. The second-order valence-corrected chi connectivity index (χ2v) is 5.59. The number of halogens is 5. The van der Waals surface area contributed by atoms with Gasteiger partial charge in [0.1, 0.15) is 11.6 Å². The van der Waals surface area contributed by atoms with E-state index in [4.69, 9.17) is 5.73 Å². The molecule has 6 heteroatoms. The van der Waals surface area contributed by atoms with Crippen molar-refractivity contribution in [2.75, 3.05) is 0 Å². The van der Waals surface area contributed by atoms with E-state index >= 15 is 0 Å². The second-order valence-electron chi connectivity index (χ2n) is 4.74. The van der Waals surface area contributed by atoms with E-state index in [1.54, 1.807) is 0 Å². The van der Waals surface area contributed by atoms with Gasteiger partial charge < -0.3 is 5.73 Å². The van der Waals surface area contributed by atoms with Gasteiger partial charge in [-0.2, -0.15) is 0 Å². The zero-order valence-corrected chi connectivity index (χ0v) is 12.4. The Morgan fingerprint density at radius 3 is 2.24 bits per heavy atom. The molecule has 0 radical (unpaired) electrons. The topological polar surface area (TPSA) is 26.0 Å². The summed E-state index contributed by atoms with van der Waals surface area (Å²) in [5, 5.41) is 0. The first-order valence-corrected chi connectivity index (χ1v) is 6.99. The third-order valence-corrected chi connectivity index (χ3v) is 3.70. The Bertz CT molecular complexity index is 660. The van der Waals surface area contributed by atoms with Crippen molar-refractivity contribution in [3.63, 3.8) is 0 Å². The standard InChI is InChI=1S/C15H12BrF4N/c16-11-2-4-12(17)10(15(11)20)7-9(21)5-8-1-3-13(18)14(19)6-8/h1-4,6,9H,5,7,21H2. The average molecular weight is 362 g/mol. The molecule has 2 rings (SSSR count). The Kier molecular flexibility index (Phi) is 5.00. The molecule has 0 saturated carbocycles. The summed E-state index contributed by atoms with van der Waals surface area (Å²) in [5.41, 5.74) is 6.19. The van der Waals surface area contributed by atoms with Crippen molar-refractivity contribution in [2.24, 2.45) is 5.73 Å². The van der Waals surface area contributed by atoms with Crippen LogP contribution in [0.15, 0.2) is 34.8 Å². The molecule has 112 valence electrons. The van der Waals surface area contributed by atoms with Gasteiger partial charge in [0.2, 0.25) is 0 Å². The molecule has 0 aliphatic rings. The van der Waals surface area contributed by atoms with Gasteiger partial charge in [0, 0.05) is 11.6 Å². The van der Waals surface area contributed by atoms with Gasteiger partial charge in [0.15, 0.2) is 11.6 Å². The number of hydrogen-bond donors (Lipinski definition) is 1. The molecule has 0 aliphatic heterocycles. The summed E-state index contributed by atoms with van der Waals surface area (Å²) in [6.45, 7) is 0. The summed E-state index contributed by atoms with van der Waals surface area (Å²) in [7, 11) is 0. The molecule has 1 atom stereocenters. The SMILES string of the molecule is NC(Cc1ccc(F)c(F)c1)Cc1c(F)ccc(Br)c1F. The zero-order chi connectivity index (χ0) is 15.6. The van der Waals surface area contributed by atoms with Crippen LogP contribution in [0.4, 0.5) is 17.6 Å². The average Bonchev–Trinajstić information content (AvgIpc) is 2.43. The number of benzene rings is 2. The lowest BCUT2D eigenvalue weighted by Gasteiger charge is -2.14. The molecular formula is C15H12BrF4N. The number of hydrogen-bond acceptors (Lipinski definition) is 1. The van der Waals surface area contributed by atoms with Crippen molar-refractivity contribution in [2.45, 2.75) is 18.9 Å². The van der Waals surface area contributed by atoms with Crippen LogP contribution in [0, 0.1) is 23.3 Å². The summed E-state index contributed by atoms with van der Waals surface area (Å²) in [6, 6.07) is 5.22. The van der Waals surface area contributed by atoms with Crippen LogP contribution in [0.1, 0.15) is 11.1 Å². The maximum atomic E-state index is 13.8.